The quantitative estimate of drug-likeness (QED) is 0.455. The zero-order valence-corrected chi connectivity index (χ0v) is 19.2. The highest BCUT2D eigenvalue weighted by atomic mass is 19.4. The Morgan fingerprint density at radius 1 is 1.19 bits per heavy atom. The summed E-state index contributed by atoms with van der Waals surface area (Å²) in [6.07, 6.45) is -1.18. The number of carbonyl (C=O) groups is 3. The lowest BCUT2D eigenvalue weighted by atomic mass is 9.99. The molecular formula is C24H23F4N3O5. The Morgan fingerprint density at radius 3 is 2.50 bits per heavy atom. The Kier molecular flexibility index (Phi) is 6.87. The zero-order chi connectivity index (χ0) is 26.2. The molecule has 192 valence electrons. The van der Waals surface area contributed by atoms with E-state index in [1.165, 1.54) is 12.1 Å². The number of esters is 1. The summed E-state index contributed by atoms with van der Waals surface area (Å²) >= 11 is 0. The van der Waals surface area contributed by atoms with Crippen molar-refractivity contribution in [3.05, 3.63) is 59.2 Å². The number of pyridine rings is 1. The molecule has 2 heterocycles. The smallest absolute Gasteiger partial charge is 0.416 e. The SMILES string of the molecule is COC(=O)[C@H]1CCCN1C(=O)N(c1ccc(C2CC2)cc1F)C(C(=O)O)c1cnccc1C(F)(F)F. The molecule has 2 fully saturated rings. The number of hydrogen-bond acceptors (Lipinski definition) is 5. The second-order valence-corrected chi connectivity index (χ2v) is 8.71. The van der Waals surface area contributed by atoms with Gasteiger partial charge in [-0.25, -0.2) is 18.8 Å². The van der Waals surface area contributed by atoms with Crippen molar-refractivity contribution >= 4 is 23.7 Å². The fraction of sp³-hybridized carbons (Fsp3) is 0.417. The van der Waals surface area contributed by atoms with Crippen LogP contribution in [0.3, 0.4) is 0 Å². The zero-order valence-electron chi connectivity index (χ0n) is 19.2. The average molecular weight is 509 g/mol. The Balaban J connectivity index is 1.88. The van der Waals surface area contributed by atoms with E-state index in [0.717, 1.165) is 37.1 Å². The van der Waals surface area contributed by atoms with E-state index in [4.69, 9.17) is 4.74 Å². The number of benzene rings is 1. The van der Waals surface area contributed by atoms with Gasteiger partial charge >= 0.3 is 24.1 Å². The maximum atomic E-state index is 15.4. The lowest BCUT2D eigenvalue weighted by Crippen LogP contribution is -2.51. The van der Waals surface area contributed by atoms with Gasteiger partial charge in [-0.3, -0.25) is 9.88 Å². The van der Waals surface area contributed by atoms with Crippen LogP contribution in [0.2, 0.25) is 0 Å². The molecule has 1 aliphatic heterocycles. The summed E-state index contributed by atoms with van der Waals surface area (Å²) in [5, 5.41) is 10.1. The van der Waals surface area contributed by atoms with Gasteiger partial charge < -0.3 is 14.7 Å². The lowest BCUT2D eigenvalue weighted by Gasteiger charge is -2.35. The Hall–Kier alpha value is -3.70. The minimum atomic E-state index is -4.97. The molecular weight excluding hydrogens is 486 g/mol. The molecule has 0 bridgehead atoms. The predicted molar refractivity (Wildman–Crippen MR) is 118 cm³/mol. The number of carbonyl (C=O) groups excluding carboxylic acids is 2. The maximum Gasteiger partial charge on any atom is 0.416 e. The van der Waals surface area contributed by atoms with E-state index in [-0.39, 0.29) is 18.9 Å². The molecule has 12 heteroatoms. The van der Waals surface area contributed by atoms with Crippen molar-refractivity contribution in [1.29, 1.82) is 0 Å². The highest BCUT2D eigenvalue weighted by Crippen LogP contribution is 2.43. The van der Waals surface area contributed by atoms with E-state index in [1.807, 2.05) is 0 Å². The van der Waals surface area contributed by atoms with Crippen LogP contribution in [0.1, 0.15) is 54.3 Å². The number of carboxylic acid groups (broad SMARTS) is 1. The topological polar surface area (TPSA) is 100 Å². The summed E-state index contributed by atoms with van der Waals surface area (Å²) in [6, 6.07) is -0.0676. The van der Waals surface area contributed by atoms with Gasteiger partial charge in [-0.05, 0) is 55.4 Å². The summed E-state index contributed by atoms with van der Waals surface area (Å²) in [5.74, 6) is -3.44. The first-order valence-electron chi connectivity index (χ1n) is 11.3. The van der Waals surface area contributed by atoms with E-state index < -0.39 is 58.9 Å². The van der Waals surface area contributed by atoms with Gasteiger partial charge in [0.25, 0.3) is 0 Å². The van der Waals surface area contributed by atoms with Crippen molar-refractivity contribution in [2.45, 2.75) is 49.9 Å². The molecule has 1 saturated heterocycles. The third-order valence-corrected chi connectivity index (χ3v) is 6.40. The lowest BCUT2D eigenvalue weighted by molar-refractivity contribution is -0.145. The number of carboxylic acids is 1. The molecule has 1 unspecified atom stereocenters. The molecule has 1 aromatic carbocycles. The van der Waals surface area contributed by atoms with Gasteiger partial charge in [0.15, 0.2) is 6.04 Å². The van der Waals surface area contributed by atoms with Gasteiger partial charge in [0.2, 0.25) is 0 Å². The largest absolute Gasteiger partial charge is 0.479 e. The molecule has 2 atom stereocenters. The predicted octanol–water partition coefficient (Wildman–Crippen LogP) is 4.51. The van der Waals surface area contributed by atoms with Gasteiger partial charge in [0.1, 0.15) is 11.9 Å². The van der Waals surface area contributed by atoms with E-state index in [9.17, 15) is 32.7 Å². The number of rotatable bonds is 6. The number of alkyl halides is 3. The van der Waals surface area contributed by atoms with Crippen LogP contribution in [0.4, 0.5) is 28.0 Å². The molecule has 1 aromatic heterocycles. The number of aromatic nitrogens is 1. The number of hydrogen-bond donors (Lipinski definition) is 1. The van der Waals surface area contributed by atoms with Crippen LogP contribution >= 0.6 is 0 Å². The summed E-state index contributed by atoms with van der Waals surface area (Å²) in [6.45, 7) is 0.00236. The van der Waals surface area contributed by atoms with Crippen molar-refractivity contribution in [3.63, 3.8) is 0 Å². The molecule has 1 N–H and O–H groups in total. The van der Waals surface area contributed by atoms with E-state index in [2.05, 4.69) is 4.98 Å². The number of nitrogens with zero attached hydrogens (tertiary/aromatic N) is 3. The van der Waals surface area contributed by atoms with Crippen molar-refractivity contribution < 1.29 is 41.8 Å². The maximum absolute atomic E-state index is 15.4. The van der Waals surface area contributed by atoms with Crippen molar-refractivity contribution in [2.75, 3.05) is 18.6 Å². The van der Waals surface area contributed by atoms with Crippen LogP contribution in [-0.4, -0.2) is 52.7 Å². The molecule has 36 heavy (non-hydrogen) atoms. The normalized spacial score (nSPS) is 18.6. The molecule has 1 aliphatic carbocycles. The molecule has 0 spiro atoms. The molecule has 2 aliphatic rings. The number of aliphatic carboxylic acids is 1. The second kappa shape index (κ2) is 9.75. The average Bonchev–Trinajstić information content (AvgIpc) is 3.57. The van der Waals surface area contributed by atoms with E-state index in [1.54, 1.807) is 0 Å². The number of methoxy groups -OCH3 is 1. The van der Waals surface area contributed by atoms with E-state index >= 15 is 4.39 Å². The minimum Gasteiger partial charge on any atom is -0.479 e. The van der Waals surface area contributed by atoms with Crippen LogP contribution in [0.15, 0.2) is 36.7 Å². The minimum absolute atomic E-state index is 0.00236. The van der Waals surface area contributed by atoms with Crippen molar-refractivity contribution in [2.24, 2.45) is 0 Å². The summed E-state index contributed by atoms with van der Waals surface area (Å²) in [4.78, 5) is 43.6. The van der Waals surface area contributed by atoms with Crippen LogP contribution in [-0.2, 0) is 20.5 Å². The first-order valence-corrected chi connectivity index (χ1v) is 11.3. The van der Waals surface area contributed by atoms with E-state index in [0.29, 0.717) is 29.1 Å². The molecule has 2 amide bonds. The van der Waals surface area contributed by atoms with Gasteiger partial charge in [-0.15, -0.1) is 0 Å². The van der Waals surface area contributed by atoms with Gasteiger partial charge in [0, 0.05) is 24.5 Å². The second-order valence-electron chi connectivity index (χ2n) is 8.71. The number of likely N-dealkylation sites (tertiary alicyclic amines) is 1. The molecule has 1 saturated carbocycles. The number of halogens is 4. The third kappa shape index (κ3) is 4.84. The van der Waals surface area contributed by atoms with Gasteiger partial charge in [-0.1, -0.05) is 6.07 Å². The van der Waals surface area contributed by atoms with Crippen LogP contribution < -0.4 is 4.90 Å². The van der Waals surface area contributed by atoms with Gasteiger partial charge in [0.05, 0.1) is 18.4 Å². The first-order chi connectivity index (χ1) is 17.0. The molecule has 0 radical (unpaired) electrons. The summed E-state index contributed by atoms with van der Waals surface area (Å²) < 4.78 is 61.6. The van der Waals surface area contributed by atoms with Crippen LogP contribution in [0, 0.1) is 5.82 Å². The third-order valence-electron chi connectivity index (χ3n) is 6.40. The fourth-order valence-electron chi connectivity index (χ4n) is 4.52. The van der Waals surface area contributed by atoms with Gasteiger partial charge in [-0.2, -0.15) is 13.2 Å². The van der Waals surface area contributed by atoms with Crippen molar-refractivity contribution in [3.8, 4) is 0 Å². The Labute approximate surface area is 203 Å². The van der Waals surface area contributed by atoms with Crippen LogP contribution in [0.5, 0.6) is 0 Å². The number of anilines is 1. The molecule has 2 aromatic rings. The number of amides is 2. The highest BCUT2D eigenvalue weighted by Gasteiger charge is 2.45. The summed E-state index contributed by atoms with van der Waals surface area (Å²) in [7, 11) is 1.11. The number of ether oxygens (including phenoxy) is 1. The molecule has 4 rings (SSSR count). The Bertz CT molecular complexity index is 1180. The molecule has 8 nitrogen and oxygen atoms in total. The highest BCUT2D eigenvalue weighted by molar-refractivity contribution is 6.00. The Morgan fingerprint density at radius 2 is 1.92 bits per heavy atom. The van der Waals surface area contributed by atoms with Crippen LogP contribution in [0.25, 0.3) is 0 Å². The standard InChI is InChI=1S/C24H23F4N3O5/c1-36-22(34)19-3-2-10-30(19)23(35)31(18-7-6-14(11-17(18)25)13-4-5-13)20(21(32)33)15-12-29-9-8-16(15)24(26,27)28/h6-9,11-13,19-20H,2-5,10H2,1H3,(H,32,33)/t19-,20?/m1/s1. The summed E-state index contributed by atoms with van der Waals surface area (Å²) in [5.41, 5.74) is -2.06. The monoisotopic (exact) mass is 509 g/mol. The van der Waals surface area contributed by atoms with Crippen molar-refractivity contribution in [1.82, 2.24) is 9.88 Å². The fourth-order valence-corrected chi connectivity index (χ4v) is 4.52. The number of urea groups is 1. The first kappa shape index (κ1) is 25.4.